The fourth-order valence-electron chi connectivity index (χ4n) is 1.92. The predicted octanol–water partition coefficient (Wildman–Crippen LogP) is 2.17. The lowest BCUT2D eigenvalue weighted by atomic mass is 10.1. The highest BCUT2D eigenvalue weighted by Gasteiger charge is 2.25. The summed E-state index contributed by atoms with van der Waals surface area (Å²) in [7, 11) is 0. The van der Waals surface area contributed by atoms with Gasteiger partial charge < -0.3 is 5.11 Å². The average molecular weight is 281 g/mol. The van der Waals surface area contributed by atoms with E-state index in [1.165, 1.54) is 11.3 Å². The minimum Gasteiger partial charge on any atom is -0.478 e. The van der Waals surface area contributed by atoms with Crippen LogP contribution in [0.4, 0.5) is 5.13 Å². The Morgan fingerprint density at radius 3 is 2.53 bits per heavy atom. The molecule has 0 aromatic carbocycles. The third-order valence-electron chi connectivity index (χ3n) is 2.91. The van der Waals surface area contributed by atoms with Gasteiger partial charge >= 0.3 is 5.97 Å². The molecule has 1 amide bonds. The molecule has 0 spiro atoms. The van der Waals surface area contributed by atoms with E-state index in [1.54, 1.807) is 0 Å². The lowest BCUT2D eigenvalue weighted by Gasteiger charge is -2.03. The number of hydrogen-bond donors (Lipinski definition) is 2. The van der Waals surface area contributed by atoms with Gasteiger partial charge in [-0.15, -0.1) is 10.2 Å². The van der Waals surface area contributed by atoms with Crippen LogP contribution in [0.25, 0.3) is 0 Å². The van der Waals surface area contributed by atoms with Crippen molar-refractivity contribution in [2.45, 2.75) is 39.0 Å². The van der Waals surface area contributed by atoms with Crippen molar-refractivity contribution >= 4 is 28.3 Å². The second-order valence-corrected chi connectivity index (χ2v) is 5.68. The second-order valence-electron chi connectivity index (χ2n) is 4.67. The normalized spacial score (nSPS) is 15.1. The largest absolute Gasteiger partial charge is 0.478 e. The van der Waals surface area contributed by atoms with Gasteiger partial charge in [0.1, 0.15) is 5.01 Å². The van der Waals surface area contributed by atoms with Crippen LogP contribution in [0.2, 0.25) is 0 Å². The summed E-state index contributed by atoms with van der Waals surface area (Å²) >= 11 is 1.31. The Morgan fingerprint density at radius 2 is 1.95 bits per heavy atom. The Balaban J connectivity index is 2.12. The number of carbonyl (C=O) groups is 2. The molecule has 0 fully saturated rings. The molecule has 0 saturated carbocycles. The van der Waals surface area contributed by atoms with Gasteiger partial charge in [-0.2, -0.15) is 0 Å². The summed E-state index contributed by atoms with van der Waals surface area (Å²) in [6.45, 7) is 3.99. The molecule has 2 rings (SSSR count). The molecule has 0 unspecified atom stereocenters. The highest BCUT2D eigenvalue weighted by molar-refractivity contribution is 7.15. The summed E-state index contributed by atoms with van der Waals surface area (Å²) < 4.78 is 0. The highest BCUT2D eigenvalue weighted by Crippen LogP contribution is 2.28. The van der Waals surface area contributed by atoms with Gasteiger partial charge in [0, 0.05) is 17.1 Å². The van der Waals surface area contributed by atoms with Crippen LogP contribution in [-0.2, 0) is 9.59 Å². The van der Waals surface area contributed by atoms with E-state index in [0.717, 1.165) is 5.01 Å². The lowest BCUT2D eigenvalue weighted by molar-refractivity contribution is -0.133. The number of rotatable bonds is 4. The van der Waals surface area contributed by atoms with Crippen LogP contribution < -0.4 is 5.32 Å². The number of hydrogen-bond acceptors (Lipinski definition) is 5. The van der Waals surface area contributed by atoms with Crippen LogP contribution in [0.5, 0.6) is 0 Å². The Labute approximate surface area is 114 Å². The van der Waals surface area contributed by atoms with Crippen molar-refractivity contribution in [3.63, 3.8) is 0 Å². The molecule has 2 N–H and O–H groups in total. The molecule has 1 aliphatic carbocycles. The third-order valence-corrected chi connectivity index (χ3v) is 4.04. The molecular formula is C12H15N3O3S. The molecular weight excluding hydrogens is 266 g/mol. The van der Waals surface area contributed by atoms with Crippen LogP contribution in [-0.4, -0.2) is 27.2 Å². The van der Waals surface area contributed by atoms with Crippen LogP contribution >= 0.6 is 11.3 Å². The summed E-state index contributed by atoms with van der Waals surface area (Å²) in [5.74, 6) is -1.13. The first-order chi connectivity index (χ1) is 8.99. The van der Waals surface area contributed by atoms with Crippen molar-refractivity contribution in [1.82, 2.24) is 10.2 Å². The van der Waals surface area contributed by atoms with Crippen molar-refractivity contribution in [3.05, 3.63) is 16.2 Å². The minimum absolute atomic E-state index is 0.214. The lowest BCUT2D eigenvalue weighted by Crippen LogP contribution is -2.16. The molecule has 0 aliphatic heterocycles. The molecule has 102 valence electrons. The monoisotopic (exact) mass is 281 g/mol. The van der Waals surface area contributed by atoms with E-state index in [2.05, 4.69) is 15.5 Å². The highest BCUT2D eigenvalue weighted by atomic mass is 32.1. The zero-order valence-corrected chi connectivity index (χ0v) is 11.6. The summed E-state index contributed by atoms with van der Waals surface area (Å²) in [5, 5.41) is 20.8. The SMILES string of the molecule is CC(C)c1nnc(NC(=O)C2=C(C(=O)O)CCC2)s1. The van der Waals surface area contributed by atoms with E-state index in [1.807, 2.05) is 13.8 Å². The zero-order valence-electron chi connectivity index (χ0n) is 10.8. The quantitative estimate of drug-likeness (QED) is 0.882. The van der Waals surface area contributed by atoms with E-state index in [9.17, 15) is 9.59 Å². The van der Waals surface area contributed by atoms with Crippen LogP contribution in [0, 0.1) is 0 Å². The Hall–Kier alpha value is -1.76. The minimum atomic E-state index is -1.01. The van der Waals surface area contributed by atoms with Gasteiger partial charge in [0.05, 0.1) is 0 Å². The average Bonchev–Trinajstić information content (AvgIpc) is 2.96. The molecule has 1 heterocycles. The molecule has 19 heavy (non-hydrogen) atoms. The first-order valence-corrected chi connectivity index (χ1v) is 6.90. The number of amides is 1. The molecule has 0 radical (unpaired) electrons. The number of carbonyl (C=O) groups excluding carboxylic acids is 1. The number of anilines is 1. The van der Waals surface area contributed by atoms with Gasteiger partial charge in [0.15, 0.2) is 0 Å². The summed E-state index contributed by atoms with van der Waals surface area (Å²) in [4.78, 5) is 23.0. The molecule has 0 atom stereocenters. The number of aliphatic carboxylic acids is 1. The molecule has 0 saturated heterocycles. The maximum atomic E-state index is 12.0. The molecule has 1 aliphatic rings. The van der Waals surface area contributed by atoms with Gasteiger partial charge in [-0.3, -0.25) is 10.1 Å². The van der Waals surface area contributed by atoms with Crippen LogP contribution in [0.3, 0.4) is 0 Å². The number of aromatic nitrogens is 2. The van der Waals surface area contributed by atoms with E-state index in [0.29, 0.717) is 30.0 Å². The fraction of sp³-hybridized carbons (Fsp3) is 0.500. The van der Waals surface area contributed by atoms with Gasteiger partial charge in [0.2, 0.25) is 5.13 Å². The maximum absolute atomic E-state index is 12.0. The Bertz CT molecular complexity index is 548. The number of carboxylic acids is 1. The van der Waals surface area contributed by atoms with Gasteiger partial charge in [-0.25, -0.2) is 4.79 Å². The number of carboxylic acid groups (broad SMARTS) is 1. The molecule has 1 aromatic rings. The van der Waals surface area contributed by atoms with E-state index in [-0.39, 0.29) is 17.4 Å². The Morgan fingerprint density at radius 1 is 1.26 bits per heavy atom. The van der Waals surface area contributed by atoms with Crippen molar-refractivity contribution < 1.29 is 14.7 Å². The van der Waals surface area contributed by atoms with Crippen molar-refractivity contribution in [2.24, 2.45) is 0 Å². The summed E-state index contributed by atoms with van der Waals surface area (Å²) in [5.41, 5.74) is 0.569. The van der Waals surface area contributed by atoms with Crippen molar-refractivity contribution in [1.29, 1.82) is 0 Å². The van der Waals surface area contributed by atoms with Crippen molar-refractivity contribution in [3.8, 4) is 0 Å². The number of nitrogens with one attached hydrogen (secondary N) is 1. The molecule has 1 aromatic heterocycles. The third kappa shape index (κ3) is 2.98. The summed E-state index contributed by atoms with van der Waals surface area (Å²) in [6, 6.07) is 0. The molecule has 7 heteroatoms. The fourth-order valence-corrected chi connectivity index (χ4v) is 2.66. The maximum Gasteiger partial charge on any atom is 0.332 e. The van der Waals surface area contributed by atoms with E-state index >= 15 is 0 Å². The van der Waals surface area contributed by atoms with Crippen LogP contribution in [0.1, 0.15) is 44.0 Å². The number of nitrogens with zero attached hydrogens (tertiary/aromatic N) is 2. The van der Waals surface area contributed by atoms with Gasteiger partial charge in [-0.05, 0) is 19.3 Å². The van der Waals surface area contributed by atoms with Gasteiger partial charge in [0.25, 0.3) is 5.91 Å². The Kier molecular flexibility index (Phi) is 3.94. The topological polar surface area (TPSA) is 92.2 Å². The molecule has 6 nitrogen and oxygen atoms in total. The van der Waals surface area contributed by atoms with E-state index in [4.69, 9.17) is 5.11 Å². The van der Waals surface area contributed by atoms with Gasteiger partial charge in [-0.1, -0.05) is 25.2 Å². The first kappa shape index (κ1) is 13.7. The van der Waals surface area contributed by atoms with E-state index < -0.39 is 5.97 Å². The summed E-state index contributed by atoms with van der Waals surface area (Å²) in [6.07, 6.45) is 1.66. The first-order valence-electron chi connectivity index (χ1n) is 6.09. The predicted molar refractivity (Wildman–Crippen MR) is 71.1 cm³/mol. The molecule has 0 bridgehead atoms. The van der Waals surface area contributed by atoms with Crippen LogP contribution in [0.15, 0.2) is 11.1 Å². The standard InChI is InChI=1S/C12H15N3O3S/c1-6(2)10-14-15-12(19-10)13-9(16)7-4-3-5-8(7)11(17)18/h6H,3-5H2,1-2H3,(H,17,18)(H,13,15,16). The second kappa shape index (κ2) is 5.48. The zero-order chi connectivity index (χ0) is 14.0. The smallest absolute Gasteiger partial charge is 0.332 e. The van der Waals surface area contributed by atoms with Crippen molar-refractivity contribution in [2.75, 3.05) is 5.32 Å².